The van der Waals surface area contributed by atoms with E-state index in [-0.39, 0.29) is 5.91 Å². The maximum Gasteiger partial charge on any atom is 0.221 e. The van der Waals surface area contributed by atoms with Crippen molar-refractivity contribution in [2.45, 2.75) is 25.3 Å². The maximum absolute atomic E-state index is 11.2. The Bertz CT molecular complexity index is 162. The Morgan fingerprint density at radius 3 is 3.17 bits per heavy atom. The molecule has 0 aromatic carbocycles. The highest BCUT2D eigenvalue weighted by Gasteiger charge is 2.16. The first-order chi connectivity index (χ1) is 5.83. The number of carbonyl (C=O) groups is 1. The maximum atomic E-state index is 11.2. The van der Waals surface area contributed by atoms with E-state index in [0.29, 0.717) is 19.0 Å². The summed E-state index contributed by atoms with van der Waals surface area (Å²) in [6.45, 7) is 5.16. The van der Waals surface area contributed by atoms with Crippen molar-refractivity contribution < 1.29 is 4.79 Å². The fourth-order valence-electron chi connectivity index (χ4n) is 1.41. The number of hydrogen-bond donors (Lipinski definition) is 2. The molecule has 0 radical (unpaired) electrons. The molecule has 0 aromatic rings. The van der Waals surface area contributed by atoms with Gasteiger partial charge in [-0.1, -0.05) is 6.08 Å². The van der Waals surface area contributed by atoms with E-state index in [4.69, 9.17) is 0 Å². The van der Waals surface area contributed by atoms with Gasteiger partial charge < -0.3 is 10.6 Å². The summed E-state index contributed by atoms with van der Waals surface area (Å²) < 4.78 is 0. The molecule has 0 aliphatic carbocycles. The largest absolute Gasteiger partial charge is 0.353 e. The van der Waals surface area contributed by atoms with E-state index in [1.807, 2.05) is 0 Å². The van der Waals surface area contributed by atoms with Crippen LogP contribution >= 0.6 is 0 Å². The standard InChI is InChI=1S/C9H16N2O/c1-2-5-11-9(12)7-8-4-3-6-10-8/h2,8,10H,1,3-7H2,(H,11,12). The molecule has 2 N–H and O–H groups in total. The first-order valence-corrected chi connectivity index (χ1v) is 4.44. The van der Waals surface area contributed by atoms with E-state index in [2.05, 4.69) is 17.2 Å². The lowest BCUT2D eigenvalue weighted by molar-refractivity contribution is -0.121. The molecule has 1 atom stereocenters. The quantitative estimate of drug-likeness (QED) is 0.598. The molecule has 1 amide bonds. The van der Waals surface area contributed by atoms with E-state index in [9.17, 15) is 4.79 Å². The van der Waals surface area contributed by atoms with Gasteiger partial charge in [-0.25, -0.2) is 0 Å². The summed E-state index contributed by atoms with van der Waals surface area (Å²) in [6.07, 6.45) is 4.62. The molecule has 12 heavy (non-hydrogen) atoms. The van der Waals surface area contributed by atoms with Crippen molar-refractivity contribution in [2.24, 2.45) is 0 Å². The predicted octanol–water partition coefficient (Wildman–Crippen LogP) is 0.431. The SMILES string of the molecule is C=CCNC(=O)CC1CCCN1. The molecule has 3 nitrogen and oxygen atoms in total. The molecule has 1 heterocycles. The number of rotatable bonds is 4. The third-order valence-corrected chi connectivity index (χ3v) is 2.04. The fourth-order valence-corrected chi connectivity index (χ4v) is 1.41. The van der Waals surface area contributed by atoms with Crippen LogP contribution in [0.1, 0.15) is 19.3 Å². The number of nitrogens with one attached hydrogen (secondary N) is 2. The minimum absolute atomic E-state index is 0.120. The Labute approximate surface area is 73.2 Å². The van der Waals surface area contributed by atoms with Crippen LogP contribution in [-0.2, 0) is 4.79 Å². The van der Waals surface area contributed by atoms with Crippen molar-refractivity contribution in [1.29, 1.82) is 0 Å². The summed E-state index contributed by atoms with van der Waals surface area (Å²) >= 11 is 0. The van der Waals surface area contributed by atoms with Gasteiger partial charge in [0.1, 0.15) is 0 Å². The van der Waals surface area contributed by atoms with Crippen LogP contribution in [0.3, 0.4) is 0 Å². The van der Waals surface area contributed by atoms with Crippen molar-refractivity contribution in [1.82, 2.24) is 10.6 Å². The highest BCUT2D eigenvalue weighted by atomic mass is 16.1. The average molecular weight is 168 g/mol. The number of amides is 1. The molecule has 0 spiro atoms. The minimum Gasteiger partial charge on any atom is -0.353 e. The first kappa shape index (κ1) is 9.26. The van der Waals surface area contributed by atoms with Crippen molar-refractivity contribution in [2.75, 3.05) is 13.1 Å². The third kappa shape index (κ3) is 3.05. The van der Waals surface area contributed by atoms with Crippen molar-refractivity contribution in [3.05, 3.63) is 12.7 Å². The van der Waals surface area contributed by atoms with Crippen molar-refractivity contribution in [3.63, 3.8) is 0 Å². The topological polar surface area (TPSA) is 41.1 Å². The highest BCUT2D eigenvalue weighted by Crippen LogP contribution is 2.07. The van der Waals surface area contributed by atoms with Gasteiger partial charge in [0.15, 0.2) is 0 Å². The molecule has 1 unspecified atom stereocenters. The van der Waals surface area contributed by atoms with Gasteiger partial charge in [0, 0.05) is 19.0 Å². The highest BCUT2D eigenvalue weighted by molar-refractivity contribution is 5.76. The summed E-state index contributed by atoms with van der Waals surface area (Å²) in [5.74, 6) is 0.120. The van der Waals surface area contributed by atoms with Crippen LogP contribution in [0.2, 0.25) is 0 Å². The van der Waals surface area contributed by atoms with Gasteiger partial charge in [0.05, 0.1) is 0 Å². The molecule has 3 heteroatoms. The third-order valence-electron chi connectivity index (χ3n) is 2.04. The zero-order valence-corrected chi connectivity index (χ0v) is 7.31. The molecular weight excluding hydrogens is 152 g/mol. The normalized spacial score (nSPS) is 22.2. The molecule has 0 bridgehead atoms. The summed E-state index contributed by atoms with van der Waals surface area (Å²) in [5, 5.41) is 6.04. The Hall–Kier alpha value is -0.830. The lowest BCUT2D eigenvalue weighted by atomic mass is 10.1. The Kier molecular flexibility index (Phi) is 3.80. The monoisotopic (exact) mass is 168 g/mol. The lowest BCUT2D eigenvalue weighted by Crippen LogP contribution is -2.31. The molecule has 0 saturated carbocycles. The van der Waals surface area contributed by atoms with Gasteiger partial charge in [-0.3, -0.25) is 4.79 Å². The van der Waals surface area contributed by atoms with Crippen molar-refractivity contribution in [3.8, 4) is 0 Å². The summed E-state index contributed by atoms with van der Waals surface area (Å²) in [7, 11) is 0. The average Bonchev–Trinajstić information content (AvgIpc) is 2.53. The molecule has 68 valence electrons. The lowest BCUT2D eigenvalue weighted by Gasteiger charge is -2.08. The Balaban J connectivity index is 2.11. The van der Waals surface area contributed by atoms with E-state index in [1.165, 1.54) is 6.42 Å². The van der Waals surface area contributed by atoms with Gasteiger partial charge in [-0.15, -0.1) is 6.58 Å². The molecular formula is C9H16N2O. The molecule has 1 saturated heterocycles. The number of hydrogen-bond acceptors (Lipinski definition) is 2. The van der Waals surface area contributed by atoms with Crippen molar-refractivity contribution >= 4 is 5.91 Å². The van der Waals surface area contributed by atoms with Gasteiger partial charge >= 0.3 is 0 Å². The summed E-state index contributed by atoms with van der Waals surface area (Å²) in [4.78, 5) is 11.2. The van der Waals surface area contributed by atoms with Crippen LogP contribution in [0, 0.1) is 0 Å². The summed E-state index contributed by atoms with van der Waals surface area (Å²) in [5.41, 5.74) is 0. The smallest absolute Gasteiger partial charge is 0.221 e. The zero-order chi connectivity index (χ0) is 8.81. The Morgan fingerprint density at radius 1 is 1.75 bits per heavy atom. The zero-order valence-electron chi connectivity index (χ0n) is 7.31. The predicted molar refractivity (Wildman–Crippen MR) is 48.8 cm³/mol. The second-order valence-electron chi connectivity index (χ2n) is 3.09. The molecule has 0 aromatic heterocycles. The first-order valence-electron chi connectivity index (χ1n) is 4.44. The van der Waals surface area contributed by atoms with E-state index >= 15 is 0 Å². The van der Waals surface area contributed by atoms with Crippen LogP contribution in [0.25, 0.3) is 0 Å². The van der Waals surface area contributed by atoms with Gasteiger partial charge in [-0.05, 0) is 19.4 Å². The van der Waals surface area contributed by atoms with Gasteiger partial charge in [0.25, 0.3) is 0 Å². The van der Waals surface area contributed by atoms with Crippen LogP contribution in [0.4, 0.5) is 0 Å². The van der Waals surface area contributed by atoms with E-state index < -0.39 is 0 Å². The van der Waals surface area contributed by atoms with Gasteiger partial charge in [-0.2, -0.15) is 0 Å². The second kappa shape index (κ2) is 4.93. The molecule has 1 rings (SSSR count). The number of carbonyl (C=O) groups excluding carboxylic acids is 1. The molecule has 1 fully saturated rings. The molecule has 1 aliphatic heterocycles. The van der Waals surface area contributed by atoms with Crippen LogP contribution in [-0.4, -0.2) is 25.0 Å². The van der Waals surface area contributed by atoms with Crippen LogP contribution < -0.4 is 10.6 Å². The minimum atomic E-state index is 0.120. The summed E-state index contributed by atoms with van der Waals surface area (Å²) in [6, 6.07) is 0.398. The van der Waals surface area contributed by atoms with E-state index in [0.717, 1.165) is 13.0 Å². The Morgan fingerprint density at radius 2 is 2.58 bits per heavy atom. The fraction of sp³-hybridized carbons (Fsp3) is 0.667. The second-order valence-corrected chi connectivity index (χ2v) is 3.09. The van der Waals surface area contributed by atoms with Crippen LogP contribution in [0.5, 0.6) is 0 Å². The molecule has 1 aliphatic rings. The van der Waals surface area contributed by atoms with Crippen LogP contribution in [0.15, 0.2) is 12.7 Å². The van der Waals surface area contributed by atoms with E-state index in [1.54, 1.807) is 6.08 Å². The van der Waals surface area contributed by atoms with Gasteiger partial charge in [0.2, 0.25) is 5.91 Å².